The maximum atomic E-state index is 13.1. The Kier molecular flexibility index (Phi) is 12.8. The molecule has 0 saturated carbocycles. The summed E-state index contributed by atoms with van der Waals surface area (Å²) in [5.41, 5.74) is 11.3. The molecule has 4 unspecified atom stereocenters. The Labute approximate surface area is 207 Å². The smallest absolute Gasteiger partial charge is 0.326 e. The molecule has 0 bridgehead atoms. The summed E-state index contributed by atoms with van der Waals surface area (Å²) in [6.45, 7) is 3.65. The zero-order chi connectivity index (χ0) is 26.5. The summed E-state index contributed by atoms with van der Waals surface area (Å²) in [6.07, 6.45) is 4.76. The minimum Gasteiger partial charge on any atom is -0.480 e. The van der Waals surface area contributed by atoms with Crippen molar-refractivity contribution in [1.29, 1.82) is 0 Å². The lowest BCUT2D eigenvalue weighted by atomic mass is 10.0. The lowest BCUT2D eigenvalue weighted by Crippen LogP contribution is -2.58. The van der Waals surface area contributed by atoms with Crippen LogP contribution in [-0.4, -0.2) is 80.8 Å². The van der Waals surface area contributed by atoms with Crippen molar-refractivity contribution in [1.82, 2.24) is 25.9 Å². The van der Waals surface area contributed by atoms with Gasteiger partial charge in [0.05, 0.1) is 18.8 Å². The first-order valence-electron chi connectivity index (χ1n) is 11.1. The number of rotatable bonds is 16. The highest BCUT2D eigenvalue weighted by Crippen LogP contribution is 2.08. The van der Waals surface area contributed by atoms with Crippen LogP contribution in [0.3, 0.4) is 0 Å². The van der Waals surface area contributed by atoms with Gasteiger partial charge < -0.3 is 37.5 Å². The monoisotopic (exact) mass is 513 g/mol. The van der Waals surface area contributed by atoms with Crippen molar-refractivity contribution in [2.24, 2.45) is 17.4 Å². The highest BCUT2D eigenvalue weighted by Gasteiger charge is 2.31. The zero-order valence-electron chi connectivity index (χ0n) is 20.1. The summed E-state index contributed by atoms with van der Waals surface area (Å²) in [5, 5.41) is 17.1. The fourth-order valence-electron chi connectivity index (χ4n) is 3.16. The first-order valence-corrected chi connectivity index (χ1v) is 12.5. The van der Waals surface area contributed by atoms with Crippen LogP contribution >= 0.6 is 11.8 Å². The molecule has 0 fully saturated rings. The molecule has 0 aliphatic rings. The number of H-pyrrole nitrogens is 1. The molecule has 0 aliphatic carbocycles. The average molecular weight is 514 g/mol. The van der Waals surface area contributed by atoms with Crippen LogP contribution in [0.15, 0.2) is 12.5 Å². The summed E-state index contributed by atoms with van der Waals surface area (Å²) < 4.78 is 0. The number of primary amides is 1. The number of amides is 4. The van der Waals surface area contributed by atoms with Crippen molar-refractivity contribution in [2.45, 2.75) is 63.7 Å². The molecule has 13 nitrogen and oxygen atoms in total. The lowest BCUT2D eigenvalue weighted by molar-refractivity contribution is -0.142. The number of hydrogen-bond acceptors (Lipinski definition) is 8. The third-order valence-electron chi connectivity index (χ3n) is 4.94. The summed E-state index contributed by atoms with van der Waals surface area (Å²) >= 11 is 1.45. The molecule has 4 amide bonds. The molecule has 35 heavy (non-hydrogen) atoms. The summed E-state index contributed by atoms with van der Waals surface area (Å²) in [5.74, 6) is -3.52. The molecule has 196 valence electrons. The first kappa shape index (κ1) is 29.9. The van der Waals surface area contributed by atoms with E-state index >= 15 is 0 Å². The number of carbonyl (C=O) groups excluding carboxylic acids is 4. The number of hydrogen-bond donors (Lipinski definition) is 7. The molecule has 1 rings (SSSR count). The number of carboxylic acid groups (broad SMARTS) is 1. The molecule has 1 aromatic rings. The molecule has 4 atom stereocenters. The van der Waals surface area contributed by atoms with E-state index in [2.05, 4.69) is 25.9 Å². The molecule has 0 aliphatic heterocycles. The molecule has 0 aromatic carbocycles. The van der Waals surface area contributed by atoms with E-state index in [1.54, 1.807) is 0 Å². The number of imidazole rings is 1. The topological polar surface area (TPSA) is 222 Å². The van der Waals surface area contributed by atoms with Crippen molar-refractivity contribution >= 4 is 41.4 Å². The number of carboxylic acids is 1. The molecule has 0 saturated heterocycles. The van der Waals surface area contributed by atoms with Gasteiger partial charge in [-0.15, -0.1) is 0 Å². The molecule has 0 radical (unpaired) electrons. The van der Waals surface area contributed by atoms with Gasteiger partial charge in [0.1, 0.15) is 18.1 Å². The van der Waals surface area contributed by atoms with Gasteiger partial charge in [0.2, 0.25) is 23.6 Å². The number of nitrogens with zero attached hydrogens (tertiary/aromatic N) is 1. The Hall–Kier alpha value is -3.13. The van der Waals surface area contributed by atoms with Crippen LogP contribution < -0.4 is 27.4 Å². The van der Waals surface area contributed by atoms with E-state index in [0.29, 0.717) is 11.4 Å². The minimum atomic E-state index is -1.23. The van der Waals surface area contributed by atoms with Crippen LogP contribution in [-0.2, 0) is 30.4 Å². The minimum absolute atomic E-state index is 0.00722. The van der Waals surface area contributed by atoms with Crippen molar-refractivity contribution in [2.75, 3.05) is 12.0 Å². The van der Waals surface area contributed by atoms with Gasteiger partial charge in [0, 0.05) is 18.3 Å². The predicted molar refractivity (Wildman–Crippen MR) is 130 cm³/mol. The van der Waals surface area contributed by atoms with E-state index in [0.717, 1.165) is 0 Å². The Balaban J connectivity index is 3.04. The average Bonchev–Trinajstić information content (AvgIpc) is 3.27. The number of aromatic amines is 1. The number of carbonyl (C=O) groups is 5. The van der Waals surface area contributed by atoms with Gasteiger partial charge in [0.25, 0.3) is 0 Å². The second kappa shape index (κ2) is 15.0. The molecule has 1 aromatic heterocycles. The van der Waals surface area contributed by atoms with E-state index in [9.17, 15) is 29.1 Å². The Bertz CT molecular complexity index is 864. The molecule has 14 heteroatoms. The van der Waals surface area contributed by atoms with Crippen LogP contribution in [0.25, 0.3) is 0 Å². The fourth-order valence-corrected chi connectivity index (χ4v) is 3.63. The molecule has 0 spiro atoms. The maximum Gasteiger partial charge on any atom is 0.326 e. The van der Waals surface area contributed by atoms with Crippen LogP contribution in [0.5, 0.6) is 0 Å². The standard InChI is InChI=1S/C21H35N7O6S/c1-11(2)6-16(21(33)34)28-20(32)15(7-12-9-24-10-25-12)27-19(31)14(4-5-35-3)26-18(30)13(22)8-17(23)29/h9-11,13-16H,4-8,22H2,1-3H3,(H2,23,29)(H,24,25)(H,26,30)(H,27,31)(H,28,32)(H,33,34). The molecular formula is C21H35N7O6S. The summed E-state index contributed by atoms with van der Waals surface area (Å²) in [7, 11) is 0. The molecule has 9 N–H and O–H groups in total. The summed E-state index contributed by atoms with van der Waals surface area (Å²) in [6, 6.07) is -4.56. The van der Waals surface area contributed by atoms with E-state index < -0.39 is 53.8 Å². The van der Waals surface area contributed by atoms with Gasteiger partial charge in [-0.25, -0.2) is 9.78 Å². The van der Waals surface area contributed by atoms with Crippen molar-refractivity contribution in [3.8, 4) is 0 Å². The van der Waals surface area contributed by atoms with Gasteiger partial charge in [-0.2, -0.15) is 11.8 Å². The van der Waals surface area contributed by atoms with E-state index in [1.807, 2.05) is 20.1 Å². The Morgan fingerprint density at radius 3 is 2.17 bits per heavy atom. The van der Waals surface area contributed by atoms with Gasteiger partial charge >= 0.3 is 5.97 Å². The zero-order valence-corrected chi connectivity index (χ0v) is 20.9. The first-order chi connectivity index (χ1) is 16.4. The SMILES string of the molecule is CSCCC(NC(=O)C(N)CC(N)=O)C(=O)NC(Cc1cnc[nH]1)C(=O)NC(CC(C)C)C(=O)O. The van der Waals surface area contributed by atoms with Gasteiger partial charge in [0.15, 0.2) is 0 Å². The number of thioether (sulfide) groups is 1. The molecular weight excluding hydrogens is 478 g/mol. The lowest BCUT2D eigenvalue weighted by Gasteiger charge is -2.25. The van der Waals surface area contributed by atoms with Crippen LogP contribution in [0, 0.1) is 5.92 Å². The fraction of sp³-hybridized carbons (Fsp3) is 0.619. The number of nitrogens with two attached hydrogens (primary N) is 2. The van der Waals surface area contributed by atoms with E-state index in [-0.39, 0.29) is 31.6 Å². The van der Waals surface area contributed by atoms with Crippen LogP contribution in [0.2, 0.25) is 0 Å². The van der Waals surface area contributed by atoms with Gasteiger partial charge in [-0.05, 0) is 30.8 Å². The van der Waals surface area contributed by atoms with Crippen LogP contribution in [0.1, 0.15) is 38.8 Å². The highest BCUT2D eigenvalue weighted by atomic mass is 32.2. The second-order valence-electron chi connectivity index (χ2n) is 8.49. The largest absolute Gasteiger partial charge is 0.480 e. The Morgan fingerprint density at radius 2 is 1.66 bits per heavy atom. The number of nitrogens with one attached hydrogen (secondary N) is 4. The Morgan fingerprint density at radius 1 is 1.06 bits per heavy atom. The quantitative estimate of drug-likeness (QED) is 0.136. The summed E-state index contributed by atoms with van der Waals surface area (Å²) in [4.78, 5) is 67.9. The van der Waals surface area contributed by atoms with Crippen molar-refractivity contribution in [3.63, 3.8) is 0 Å². The number of aliphatic carboxylic acids is 1. The van der Waals surface area contributed by atoms with Gasteiger partial charge in [-0.1, -0.05) is 13.8 Å². The highest BCUT2D eigenvalue weighted by molar-refractivity contribution is 7.98. The normalized spacial score (nSPS) is 14.4. The van der Waals surface area contributed by atoms with Crippen molar-refractivity contribution in [3.05, 3.63) is 18.2 Å². The third kappa shape index (κ3) is 11.2. The van der Waals surface area contributed by atoms with E-state index in [1.165, 1.54) is 24.3 Å². The maximum absolute atomic E-state index is 13.1. The second-order valence-corrected chi connectivity index (χ2v) is 9.48. The molecule has 1 heterocycles. The third-order valence-corrected chi connectivity index (χ3v) is 5.58. The van der Waals surface area contributed by atoms with Gasteiger partial charge in [-0.3, -0.25) is 19.2 Å². The number of aromatic nitrogens is 2. The van der Waals surface area contributed by atoms with Crippen LogP contribution in [0.4, 0.5) is 0 Å². The van der Waals surface area contributed by atoms with Crippen molar-refractivity contribution < 1.29 is 29.1 Å². The predicted octanol–water partition coefficient (Wildman–Crippen LogP) is -1.51. The van der Waals surface area contributed by atoms with E-state index in [4.69, 9.17) is 11.5 Å².